The molecule has 6 heteroatoms. The first-order valence-electron chi connectivity index (χ1n) is 8.30. The number of piperidine rings is 1. The molecule has 0 atom stereocenters. The molecule has 0 aliphatic carbocycles. The summed E-state index contributed by atoms with van der Waals surface area (Å²) in [6.45, 7) is 2.98. The summed E-state index contributed by atoms with van der Waals surface area (Å²) in [6, 6.07) is 13.2. The maximum atomic E-state index is 10.8. The van der Waals surface area contributed by atoms with Crippen molar-refractivity contribution >= 4 is 5.97 Å². The fraction of sp³-hybridized carbons (Fsp3) is 0.368. The number of aromatic carboxylic acids is 1. The number of benzene rings is 1. The molecule has 1 saturated heterocycles. The molecule has 1 aliphatic rings. The summed E-state index contributed by atoms with van der Waals surface area (Å²) >= 11 is 0. The summed E-state index contributed by atoms with van der Waals surface area (Å²) in [5.74, 6) is 0.209. The van der Waals surface area contributed by atoms with E-state index in [4.69, 9.17) is 19.5 Å². The zero-order chi connectivity index (χ0) is 17.6. The zero-order valence-electron chi connectivity index (χ0n) is 13.9. The number of carboxylic acid groups (broad SMARTS) is 1. The number of likely N-dealkylation sites (tertiary alicyclic amines) is 1. The van der Waals surface area contributed by atoms with Gasteiger partial charge in [-0.1, -0.05) is 12.1 Å². The number of rotatable bonds is 6. The summed E-state index contributed by atoms with van der Waals surface area (Å²) in [7, 11) is 0. The van der Waals surface area contributed by atoms with Crippen LogP contribution in [-0.2, 0) is 13.2 Å². The number of hydrogen-bond donors (Lipinski definition) is 1. The van der Waals surface area contributed by atoms with Crippen LogP contribution in [0.4, 0.5) is 0 Å². The molecule has 0 radical (unpaired) electrons. The molecule has 0 saturated carbocycles. The molecule has 130 valence electrons. The SMILES string of the molecule is N#CC1CCN(Cc2ccc(OCc3ccc(C(=O)O)o3)cc2)CC1. The van der Waals surface area contributed by atoms with E-state index < -0.39 is 5.97 Å². The van der Waals surface area contributed by atoms with Crippen molar-refractivity contribution in [2.75, 3.05) is 13.1 Å². The van der Waals surface area contributed by atoms with Gasteiger partial charge in [-0.05, 0) is 55.8 Å². The van der Waals surface area contributed by atoms with Gasteiger partial charge >= 0.3 is 5.97 Å². The molecular formula is C19H20N2O4. The van der Waals surface area contributed by atoms with Gasteiger partial charge in [-0.15, -0.1) is 0 Å². The van der Waals surface area contributed by atoms with Crippen molar-refractivity contribution in [2.45, 2.75) is 26.0 Å². The molecule has 0 spiro atoms. The van der Waals surface area contributed by atoms with Gasteiger partial charge in [-0.3, -0.25) is 4.90 Å². The number of ether oxygens (including phenoxy) is 1. The average Bonchev–Trinajstić information content (AvgIpc) is 3.11. The maximum absolute atomic E-state index is 10.8. The highest BCUT2D eigenvalue weighted by atomic mass is 16.5. The molecule has 1 aliphatic heterocycles. The lowest BCUT2D eigenvalue weighted by Gasteiger charge is -2.29. The highest BCUT2D eigenvalue weighted by molar-refractivity contribution is 5.84. The second-order valence-electron chi connectivity index (χ2n) is 6.18. The quantitative estimate of drug-likeness (QED) is 0.868. The normalized spacial score (nSPS) is 15.6. The van der Waals surface area contributed by atoms with Crippen LogP contribution in [0.2, 0.25) is 0 Å². The third-order valence-electron chi connectivity index (χ3n) is 4.35. The Morgan fingerprint density at radius 3 is 2.56 bits per heavy atom. The fourth-order valence-corrected chi connectivity index (χ4v) is 2.89. The fourth-order valence-electron chi connectivity index (χ4n) is 2.89. The third kappa shape index (κ3) is 4.61. The molecular weight excluding hydrogens is 320 g/mol. The van der Waals surface area contributed by atoms with Crippen molar-refractivity contribution in [2.24, 2.45) is 5.92 Å². The van der Waals surface area contributed by atoms with Crippen LogP contribution in [0, 0.1) is 17.2 Å². The highest BCUT2D eigenvalue weighted by Gasteiger charge is 2.18. The first-order valence-corrected chi connectivity index (χ1v) is 8.30. The molecule has 2 heterocycles. The number of nitrogens with zero attached hydrogens (tertiary/aromatic N) is 2. The van der Waals surface area contributed by atoms with Crippen LogP contribution in [0.5, 0.6) is 5.75 Å². The van der Waals surface area contributed by atoms with Crippen LogP contribution in [0.25, 0.3) is 0 Å². The van der Waals surface area contributed by atoms with E-state index >= 15 is 0 Å². The molecule has 3 rings (SSSR count). The van der Waals surface area contributed by atoms with Gasteiger partial charge in [-0.2, -0.15) is 5.26 Å². The zero-order valence-corrected chi connectivity index (χ0v) is 13.9. The Balaban J connectivity index is 1.48. The second kappa shape index (κ2) is 7.86. The second-order valence-corrected chi connectivity index (χ2v) is 6.18. The van der Waals surface area contributed by atoms with Crippen LogP contribution < -0.4 is 4.74 Å². The van der Waals surface area contributed by atoms with E-state index in [0.717, 1.165) is 32.5 Å². The molecule has 1 aromatic carbocycles. The number of nitriles is 1. The monoisotopic (exact) mass is 340 g/mol. The standard InChI is InChI=1S/C19H20N2O4/c20-11-14-7-9-21(10-8-14)12-15-1-3-16(4-2-15)24-13-17-5-6-18(25-17)19(22)23/h1-6,14H,7-10,12-13H2,(H,22,23). The molecule has 1 N–H and O–H groups in total. The predicted octanol–water partition coefficient (Wildman–Crippen LogP) is 3.29. The van der Waals surface area contributed by atoms with Gasteiger partial charge in [0.05, 0.1) is 6.07 Å². The van der Waals surface area contributed by atoms with Crippen molar-refractivity contribution in [1.29, 1.82) is 5.26 Å². The average molecular weight is 340 g/mol. The first-order chi connectivity index (χ1) is 12.1. The van der Waals surface area contributed by atoms with E-state index in [9.17, 15) is 4.79 Å². The van der Waals surface area contributed by atoms with Gasteiger partial charge in [-0.25, -0.2) is 4.79 Å². The minimum absolute atomic E-state index is 0.0888. The highest BCUT2D eigenvalue weighted by Crippen LogP contribution is 2.20. The van der Waals surface area contributed by atoms with Crippen LogP contribution in [0.3, 0.4) is 0 Å². The Morgan fingerprint density at radius 2 is 1.96 bits per heavy atom. The van der Waals surface area contributed by atoms with Gasteiger partial charge in [0.25, 0.3) is 0 Å². The Kier molecular flexibility index (Phi) is 5.36. The van der Waals surface area contributed by atoms with E-state index in [-0.39, 0.29) is 18.3 Å². The number of carbonyl (C=O) groups is 1. The summed E-state index contributed by atoms with van der Waals surface area (Å²) in [6.07, 6.45) is 1.89. The van der Waals surface area contributed by atoms with Crippen LogP contribution in [0.1, 0.15) is 34.7 Å². The largest absolute Gasteiger partial charge is 0.486 e. The van der Waals surface area contributed by atoms with Crippen LogP contribution in [-0.4, -0.2) is 29.1 Å². The summed E-state index contributed by atoms with van der Waals surface area (Å²) in [5, 5.41) is 17.8. The molecule has 2 aromatic rings. The predicted molar refractivity (Wildman–Crippen MR) is 90.1 cm³/mol. The van der Waals surface area contributed by atoms with Crippen molar-refractivity contribution in [3.63, 3.8) is 0 Å². The van der Waals surface area contributed by atoms with Crippen molar-refractivity contribution < 1.29 is 19.1 Å². The van der Waals surface area contributed by atoms with Crippen molar-refractivity contribution in [1.82, 2.24) is 4.90 Å². The Labute approximate surface area is 146 Å². The van der Waals surface area contributed by atoms with E-state index in [1.165, 1.54) is 11.6 Å². The Hall–Kier alpha value is -2.78. The van der Waals surface area contributed by atoms with E-state index in [1.54, 1.807) is 6.07 Å². The van der Waals surface area contributed by atoms with E-state index in [2.05, 4.69) is 11.0 Å². The van der Waals surface area contributed by atoms with E-state index in [0.29, 0.717) is 11.5 Å². The number of carboxylic acids is 1. The minimum atomic E-state index is -1.09. The maximum Gasteiger partial charge on any atom is 0.371 e. The molecule has 0 bridgehead atoms. The first kappa shape index (κ1) is 17.1. The van der Waals surface area contributed by atoms with Gasteiger partial charge in [0.15, 0.2) is 0 Å². The molecule has 25 heavy (non-hydrogen) atoms. The van der Waals surface area contributed by atoms with Gasteiger partial charge in [0.1, 0.15) is 18.1 Å². The molecule has 1 aromatic heterocycles. The Morgan fingerprint density at radius 1 is 1.24 bits per heavy atom. The summed E-state index contributed by atoms with van der Waals surface area (Å²) in [5.41, 5.74) is 1.20. The molecule has 0 unspecified atom stereocenters. The molecule has 6 nitrogen and oxygen atoms in total. The van der Waals surface area contributed by atoms with Gasteiger partial charge in [0, 0.05) is 12.5 Å². The lowest BCUT2D eigenvalue weighted by atomic mass is 9.98. The number of furan rings is 1. The third-order valence-corrected chi connectivity index (χ3v) is 4.35. The topological polar surface area (TPSA) is 86.7 Å². The lowest BCUT2D eigenvalue weighted by molar-refractivity contribution is 0.0658. The van der Waals surface area contributed by atoms with Crippen LogP contribution in [0.15, 0.2) is 40.8 Å². The lowest BCUT2D eigenvalue weighted by Crippen LogP contribution is -2.32. The number of hydrogen-bond acceptors (Lipinski definition) is 5. The van der Waals surface area contributed by atoms with Gasteiger partial charge in [0.2, 0.25) is 5.76 Å². The molecule has 0 amide bonds. The van der Waals surface area contributed by atoms with E-state index in [1.807, 2.05) is 24.3 Å². The summed E-state index contributed by atoms with van der Waals surface area (Å²) in [4.78, 5) is 13.1. The summed E-state index contributed by atoms with van der Waals surface area (Å²) < 4.78 is 10.8. The molecule has 1 fully saturated rings. The minimum Gasteiger partial charge on any atom is -0.486 e. The Bertz CT molecular complexity index is 752. The van der Waals surface area contributed by atoms with Crippen molar-refractivity contribution in [3.8, 4) is 11.8 Å². The van der Waals surface area contributed by atoms with Crippen LogP contribution >= 0.6 is 0 Å². The van der Waals surface area contributed by atoms with Gasteiger partial charge < -0.3 is 14.3 Å². The van der Waals surface area contributed by atoms with Crippen molar-refractivity contribution in [3.05, 3.63) is 53.5 Å². The smallest absolute Gasteiger partial charge is 0.371 e.